The van der Waals surface area contributed by atoms with Gasteiger partial charge in [0, 0.05) is 17.6 Å². The Morgan fingerprint density at radius 2 is 2.50 bits per heavy atom. The first-order valence-corrected chi connectivity index (χ1v) is 3.57. The Labute approximate surface area is 70.3 Å². The number of carbonyl (C=O) groups is 1. The van der Waals surface area contributed by atoms with Crippen molar-refractivity contribution in [2.24, 2.45) is 0 Å². The SMILES string of the molecule is Cc1cc(NCC(=O)O)ccn1. The van der Waals surface area contributed by atoms with Gasteiger partial charge in [0.05, 0.1) is 0 Å². The van der Waals surface area contributed by atoms with E-state index in [4.69, 9.17) is 5.11 Å². The van der Waals surface area contributed by atoms with Gasteiger partial charge in [-0.2, -0.15) is 0 Å². The molecule has 0 atom stereocenters. The molecule has 0 aromatic carbocycles. The molecule has 0 saturated carbocycles. The highest BCUT2D eigenvalue weighted by Gasteiger charge is 1.96. The molecule has 0 spiro atoms. The summed E-state index contributed by atoms with van der Waals surface area (Å²) >= 11 is 0. The van der Waals surface area contributed by atoms with Gasteiger partial charge in [0.25, 0.3) is 0 Å². The molecule has 1 rings (SSSR count). The maximum absolute atomic E-state index is 10.2. The number of hydrogen-bond donors (Lipinski definition) is 2. The van der Waals surface area contributed by atoms with Crippen LogP contribution in [0.5, 0.6) is 0 Å². The van der Waals surface area contributed by atoms with Crippen LogP contribution in [0.4, 0.5) is 5.69 Å². The van der Waals surface area contributed by atoms with Crippen LogP contribution in [0.25, 0.3) is 0 Å². The maximum atomic E-state index is 10.2. The second-order valence-corrected chi connectivity index (χ2v) is 2.43. The van der Waals surface area contributed by atoms with Crippen LogP contribution in [0, 0.1) is 6.92 Å². The van der Waals surface area contributed by atoms with Crippen LogP contribution in [-0.2, 0) is 4.79 Å². The summed E-state index contributed by atoms with van der Waals surface area (Å²) in [5.41, 5.74) is 1.65. The molecule has 0 radical (unpaired) electrons. The second kappa shape index (κ2) is 3.71. The Hall–Kier alpha value is -1.58. The molecule has 1 aromatic heterocycles. The summed E-state index contributed by atoms with van der Waals surface area (Å²) < 4.78 is 0. The number of aromatic nitrogens is 1. The normalized spacial score (nSPS) is 9.42. The van der Waals surface area contributed by atoms with Crippen LogP contribution in [0.15, 0.2) is 18.3 Å². The van der Waals surface area contributed by atoms with Crippen LogP contribution >= 0.6 is 0 Å². The van der Waals surface area contributed by atoms with Crippen molar-refractivity contribution < 1.29 is 9.90 Å². The lowest BCUT2D eigenvalue weighted by atomic mass is 10.3. The van der Waals surface area contributed by atoms with E-state index in [-0.39, 0.29) is 6.54 Å². The van der Waals surface area contributed by atoms with Crippen molar-refractivity contribution in [1.82, 2.24) is 4.98 Å². The molecule has 12 heavy (non-hydrogen) atoms. The van der Waals surface area contributed by atoms with E-state index >= 15 is 0 Å². The zero-order chi connectivity index (χ0) is 8.97. The first kappa shape index (κ1) is 8.52. The number of carboxylic acid groups (broad SMARTS) is 1. The quantitative estimate of drug-likeness (QED) is 0.699. The molecule has 4 heteroatoms. The Kier molecular flexibility index (Phi) is 2.63. The molecule has 0 saturated heterocycles. The van der Waals surface area contributed by atoms with E-state index in [0.29, 0.717) is 0 Å². The molecular weight excluding hydrogens is 156 g/mol. The van der Waals surface area contributed by atoms with Crippen molar-refractivity contribution >= 4 is 11.7 Å². The van der Waals surface area contributed by atoms with E-state index in [1.165, 1.54) is 0 Å². The van der Waals surface area contributed by atoms with Crippen LogP contribution in [0.2, 0.25) is 0 Å². The fourth-order valence-electron chi connectivity index (χ4n) is 0.833. The third-order valence-electron chi connectivity index (χ3n) is 1.34. The lowest BCUT2D eigenvalue weighted by Crippen LogP contribution is -2.12. The van der Waals surface area contributed by atoms with Crippen molar-refractivity contribution in [3.05, 3.63) is 24.0 Å². The summed E-state index contributed by atoms with van der Waals surface area (Å²) in [5.74, 6) is -0.871. The zero-order valence-corrected chi connectivity index (χ0v) is 6.74. The highest BCUT2D eigenvalue weighted by atomic mass is 16.4. The summed E-state index contributed by atoms with van der Waals surface area (Å²) in [7, 11) is 0. The van der Waals surface area contributed by atoms with Crippen molar-refractivity contribution in [2.45, 2.75) is 6.92 Å². The van der Waals surface area contributed by atoms with Gasteiger partial charge < -0.3 is 10.4 Å². The van der Waals surface area contributed by atoms with Crippen LogP contribution in [0.3, 0.4) is 0 Å². The molecule has 0 amide bonds. The van der Waals surface area contributed by atoms with Crippen molar-refractivity contribution in [3.63, 3.8) is 0 Å². The first-order valence-electron chi connectivity index (χ1n) is 3.57. The number of aryl methyl sites for hydroxylation is 1. The van der Waals surface area contributed by atoms with Crippen molar-refractivity contribution in [1.29, 1.82) is 0 Å². The monoisotopic (exact) mass is 166 g/mol. The molecular formula is C8H10N2O2. The number of hydrogen-bond acceptors (Lipinski definition) is 3. The van der Waals surface area contributed by atoms with Crippen LogP contribution in [-0.4, -0.2) is 22.6 Å². The van der Waals surface area contributed by atoms with Gasteiger partial charge in [-0.3, -0.25) is 9.78 Å². The van der Waals surface area contributed by atoms with Gasteiger partial charge in [-0.15, -0.1) is 0 Å². The Morgan fingerprint density at radius 1 is 1.75 bits per heavy atom. The van der Waals surface area contributed by atoms with E-state index in [1.54, 1.807) is 18.3 Å². The number of pyridine rings is 1. The van der Waals surface area contributed by atoms with Gasteiger partial charge in [-0.05, 0) is 19.1 Å². The minimum atomic E-state index is -0.871. The van der Waals surface area contributed by atoms with Crippen molar-refractivity contribution in [3.8, 4) is 0 Å². The number of rotatable bonds is 3. The second-order valence-electron chi connectivity index (χ2n) is 2.43. The first-order chi connectivity index (χ1) is 5.68. The third-order valence-corrected chi connectivity index (χ3v) is 1.34. The summed E-state index contributed by atoms with van der Waals surface area (Å²) in [6.45, 7) is 1.79. The van der Waals surface area contributed by atoms with Gasteiger partial charge in [-0.1, -0.05) is 0 Å². The van der Waals surface area contributed by atoms with Crippen LogP contribution in [0.1, 0.15) is 5.69 Å². The predicted octanol–water partition coefficient (Wildman–Crippen LogP) is 0.887. The number of anilines is 1. The number of carboxylic acids is 1. The molecule has 0 bridgehead atoms. The van der Waals surface area contributed by atoms with Gasteiger partial charge >= 0.3 is 5.97 Å². The Morgan fingerprint density at radius 3 is 3.08 bits per heavy atom. The number of nitrogens with one attached hydrogen (secondary N) is 1. The van der Waals surface area contributed by atoms with Gasteiger partial charge in [0.15, 0.2) is 0 Å². The maximum Gasteiger partial charge on any atom is 0.322 e. The highest BCUT2D eigenvalue weighted by Crippen LogP contribution is 2.05. The van der Waals surface area contributed by atoms with E-state index < -0.39 is 5.97 Å². The molecule has 0 unspecified atom stereocenters. The molecule has 64 valence electrons. The van der Waals surface area contributed by atoms with E-state index in [0.717, 1.165) is 11.4 Å². The van der Waals surface area contributed by atoms with Crippen molar-refractivity contribution in [2.75, 3.05) is 11.9 Å². The lowest BCUT2D eigenvalue weighted by Gasteiger charge is -2.02. The minimum absolute atomic E-state index is 0.0660. The number of nitrogens with zero attached hydrogens (tertiary/aromatic N) is 1. The van der Waals surface area contributed by atoms with E-state index in [9.17, 15) is 4.79 Å². The Bertz CT molecular complexity index is 286. The Balaban J connectivity index is 2.57. The molecule has 0 fully saturated rings. The number of aliphatic carboxylic acids is 1. The third kappa shape index (κ3) is 2.57. The van der Waals surface area contributed by atoms with Gasteiger partial charge in [0.1, 0.15) is 6.54 Å². The highest BCUT2D eigenvalue weighted by molar-refractivity contribution is 5.72. The summed E-state index contributed by atoms with van der Waals surface area (Å²) in [6.07, 6.45) is 1.64. The predicted molar refractivity (Wildman–Crippen MR) is 45.1 cm³/mol. The molecule has 2 N–H and O–H groups in total. The van der Waals surface area contributed by atoms with Crippen LogP contribution < -0.4 is 5.32 Å². The minimum Gasteiger partial charge on any atom is -0.480 e. The zero-order valence-electron chi connectivity index (χ0n) is 6.74. The summed E-state index contributed by atoms with van der Waals surface area (Å²) in [5, 5.41) is 11.1. The molecule has 4 nitrogen and oxygen atoms in total. The molecule has 1 aromatic rings. The molecule has 0 aliphatic rings. The standard InChI is InChI=1S/C8H10N2O2/c1-6-4-7(2-3-9-6)10-5-8(11)12/h2-4H,5H2,1H3,(H,9,10)(H,11,12). The average Bonchev–Trinajstić information content (AvgIpc) is 2.01. The smallest absolute Gasteiger partial charge is 0.322 e. The average molecular weight is 166 g/mol. The summed E-state index contributed by atoms with van der Waals surface area (Å²) in [4.78, 5) is 14.2. The fourth-order valence-corrected chi connectivity index (χ4v) is 0.833. The molecule has 0 aliphatic carbocycles. The topological polar surface area (TPSA) is 62.2 Å². The van der Waals surface area contributed by atoms with E-state index in [2.05, 4.69) is 10.3 Å². The summed E-state index contributed by atoms with van der Waals surface area (Å²) in [6, 6.07) is 3.53. The fraction of sp³-hybridized carbons (Fsp3) is 0.250. The van der Waals surface area contributed by atoms with Gasteiger partial charge in [0.2, 0.25) is 0 Å². The lowest BCUT2D eigenvalue weighted by molar-refractivity contribution is -0.134. The molecule has 1 heterocycles. The van der Waals surface area contributed by atoms with Gasteiger partial charge in [-0.25, -0.2) is 0 Å². The van der Waals surface area contributed by atoms with E-state index in [1.807, 2.05) is 6.92 Å². The molecule has 0 aliphatic heterocycles. The largest absolute Gasteiger partial charge is 0.480 e.